The van der Waals surface area contributed by atoms with Crippen LogP contribution in [0.2, 0.25) is 0 Å². The smallest absolute Gasteiger partial charge is 0.191 e. The molecule has 1 aromatic heterocycles. The van der Waals surface area contributed by atoms with Crippen LogP contribution in [0.3, 0.4) is 0 Å². The van der Waals surface area contributed by atoms with Crippen LogP contribution in [0.1, 0.15) is 5.56 Å². The summed E-state index contributed by atoms with van der Waals surface area (Å²) < 4.78 is 62.6. The van der Waals surface area contributed by atoms with Gasteiger partial charge in [-0.05, 0) is 17.5 Å². The zero-order valence-electron chi connectivity index (χ0n) is 7.61. The minimum atomic E-state index is -5.57. The number of benzene rings is 1. The number of fused-ring (bicyclic) bond motifs is 1. The molecule has 0 aliphatic rings. The first-order valence-corrected chi connectivity index (χ1v) is 4.99. The number of thiophene rings is 1. The van der Waals surface area contributed by atoms with E-state index in [2.05, 4.69) is 5.38 Å². The lowest BCUT2D eigenvalue weighted by molar-refractivity contribution is -0.289. The van der Waals surface area contributed by atoms with Gasteiger partial charge in [0.1, 0.15) is 0 Å². The molecule has 1 heterocycles. The van der Waals surface area contributed by atoms with E-state index in [0.717, 1.165) is 23.5 Å². The summed E-state index contributed by atoms with van der Waals surface area (Å²) in [5, 5.41) is 3.27. The predicted octanol–water partition coefficient (Wildman–Crippen LogP) is 4.36. The molecule has 0 N–H and O–H groups in total. The van der Waals surface area contributed by atoms with Gasteiger partial charge in [-0.3, -0.25) is 0 Å². The molecule has 16 heavy (non-hydrogen) atoms. The zero-order valence-corrected chi connectivity index (χ0v) is 8.42. The topological polar surface area (TPSA) is 0 Å². The molecule has 6 heteroatoms. The standard InChI is InChI=1S/C10H4F5S/c11-9(12,10(13,14)15)7-2-1-6-3-4-16-8(6)5-7/h1-3,5H. The average molecular weight is 251 g/mol. The second-order valence-corrected chi connectivity index (χ2v) is 4.07. The molecule has 0 amide bonds. The summed E-state index contributed by atoms with van der Waals surface area (Å²) in [5.74, 6) is -4.81. The average Bonchev–Trinajstić information content (AvgIpc) is 2.61. The summed E-state index contributed by atoms with van der Waals surface area (Å²) >= 11 is 1.00. The lowest BCUT2D eigenvalue weighted by Crippen LogP contribution is -2.33. The van der Waals surface area contributed by atoms with Crippen molar-refractivity contribution in [1.82, 2.24) is 0 Å². The van der Waals surface area contributed by atoms with Crippen LogP contribution in [-0.2, 0) is 5.92 Å². The van der Waals surface area contributed by atoms with Gasteiger partial charge in [0.15, 0.2) is 0 Å². The van der Waals surface area contributed by atoms with Crippen LogP contribution < -0.4 is 0 Å². The van der Waals surface area contributed by atoms with Crippen molar-refractivity contribution in [2.75, 3.05) is 0 Å². The highest BCUT2D eigenvalue weighted by molar-refractivity contribution is 7.16. The maximum Gasteiger partial charge on any atom is 0.458 e. The Kier molecular flexibility index (Phi) is 2.41. The van der Waals surface area contributed by atoms with Crippen molar-refractivity contribution in [3.63, 3.8) is 0 Å². The molecule has 1 aromatic carbocycles. The summed E-state index contributed by atoms with van der Waals surface area (Å²) in [6.45, 7) is 0. The van der Waals surface area contributed by atoms with E-state index in [-0.39, 0.29) is 0 Å². The highest BCUT2D eigenvalue weighted by Crippen LogP contribution is 2.44. The largest absolute Gasteiger partial charge is 0.458 e. The van der Waals surface area contributed by atoms with Crippen LogP contribution in [0, 0.1) is 5.38 Å². The van der Waals surface area contributed by atoms with Gasteiger partial charge < -0.3 is 0 Å². The Morgan fingerprint density at radius 3 is 2.38 bits per heavy atom. The van der Waals surface area contributed by atoms with Gasteiger partial charge in [-0.1, -0.05) is 12.1 Å². The van der Waals surface area contributed by atoms with Gasteiger partial charge in [0, 0.05) is 15.6 Å². The molecule has 85 valence electrons. The second-order valence-electron chi connectivity index (χ2n) is 3.19. The normalized spacial score (nSPS) is 13.3. The van der Waals surface area contributed by atoms with E-state index in [1.54, 1.807) is 0 Å². The molecule has 2 aromatic rings. The number of rotatable bonds is 1. The molecule has 0 nitrogen and oxygen atoms in total. The van der Waals surface area contributed by atoms with Crippen molar-refractivity contribution in [3.8, 4) is 0 Å². The summed E-state index contributed by atoms with van der Waals surface area (Å²) in [4.78, 5) is 0. The third-order valence-electron chi connectivity index (χ3n) is 2.12. The van der Waals surface area contributed by atoms with E-state index >= 15 is 0 Å². The van der Waals surface area contributed by atoms with Crippen LogP contribution in [0.5, 0.6) is 0 Å². The SMILES string of the molecule is FC(F)(F)C(F)(F)c1ccc2c[c]sc2c1. The predicted molar refractivity (Wildman–Crippen MR) is 50.6 cm³/mol. The van der Waals surface area contributed by atoms with Gasteiger partial charge in [-0.25, -0.2) is 0 Å². The molecular formula is C10H4F5S. The van der Waals surface area contributed by atoms with Crippen molar-refractivity contribution in [2.24, 2.45) is 0 Å². The first kappa shape index (κ1) is 11.3. The molecule has 0 bridgehead atoms. The first-order valence-electron chi connectivity index (χ1n) is 4.17. The molecule has 0 saturated heterocycles. The van der Waals surface area contributed by atoms with Crippen molar-refractivity contribution in [3.05, 3.63) is 35.2 Å². The van der Waals surface area contributed by atoms with E-state index in [1.165, 1.54) is 12.1 Å². The number of hydrogen-bond donors (Lipinski definition) is 0. The van der Waals surface area contributed by atoms with Crippen LogP contribution >= 0.6 is 11.3 Å². The Hall–Kier alpha value is -1.17. The van der Waals surface area contributed by atoms with Gasteiger partial charge in [0.2, 0.25) is 0 Å². The Labute approximate surface area is 91.3 Å². The lowest BCUT2D eigenvalue weighted by Gasteiger charge is -2.19. The summed E-state index contributed by atoms with van der Waals surface area (Å²) in [6.07, 6.45) is -5.57. The number of alkyl halides is 5. The van der Waals surface area contributed by atoms with E-state index in [9.17, 15) is 22.0 Å². The monoisotopic (exact) mass is 251 g/mol. The van der Waals surface area contributed by atoms with Crippen molar-refractivity contribution >= 4 is 21.4 Å². The first-order chi connectivity index (χ1) is 7.32. The Morgan fingerprint density at radius 2 is 1.75 bits per heavy atom. The highest BCUT2D eigenvalue weighted by Gasteiger charge is 2.58. The minimum absolute atomic E-state index is 0.362. The zero-order chi connectivity index (χ0) is 12.0. The quantitative estimate of drug-likeness (QED) is 0.661. The van der Waals surface area contributed by atoms with E-state index in [4.69, 9.17) is 0 Å². The fourth-order valence-corrected chi connectivity index (χ4v) is 2.00. The van der Waals surface area contributed by atoms with Crippen molar-refractivity contribution in [1.29, 1.82) is 0 Å². The van der Waals surface area contributed by atoms with Crippen molar-refractivity contribution < 1.29 is 22.0 Å². The molecule has 0 saturated carbocycles. The maximum atomic E-state index is 13.0. The summed E-state index contributed by atoms with van der Waals surface area (Å²) in [5.41, 5.74) is -1.04. The van der Waals surface area contributed by atoms with Crippen LogP contribution in [0.4, 0.5) is 22.0 Å². The minimum Gasteiger partial charge on any atom is -0.191 e. The van der Waals surface area contributed by atoms with E-state index < -0.39 is 17.7 Å². The van der Waals surface area contributed by atoms with Crippen molar-refractivity contribution in [2.45, 2.75) is 12.1 Å². The lowest BCUT2D eigenvalue weighted by atomic mass is 10.1. The molecular weight excluding hydrogens is 247 g/mol. The third kappa shape index (κ3) is 1.67. The van der Waals surface area contributed by atoms with Crippen LogP contribution in [-0.4, -0.2) is 6.18 Å². The Balaban J connectivity index is 2.54. The van der Waals surface area contributed by atoms with Gasteiger partial charge in [-0.15, -0.1) is 11.3 Å². The molecule has 0 spiro atoms. The molecule has 0 aliphatic carbocycles. The molecule has 2 rings (SSSR count). The Bertz CT molecular complexity index is 511. The molecule has 0 atom stereocenters. The van der Waals surface area contributed by atoms with Gasteiger partial charge in [0.25, 0.3) is 0 Å². The number of hydrogen-bond acceptors (Lipinski definition) is 1. The third-order valence-corrected chi connectivity index (χ3v) is 2.92. The van der Waals surface area contributed by atoms with Crippen LogP contribution in [0.25, 0.3) is 10.1 Å². The highest BCUT2D eigenvalue weighted by atomic mass is 32.1. The van der Waals surface area contributed by atoms with Gasteiger partial charge >= 0.3 is 12.1 Å². The molecule has 0 unspecified atom stereocenters. The summed E-state index contributed by atoms with van der Waals surface area (Å²) in [7, 11) is 0. The summed E-state index contributed by atoms with van der Waals surface area (Å²) in [6, 6.07) is 4.41. The second kappa shape index (κ2) is 3.41. The molecule has 0 aliphatic heterocycles. The number of halogens is 5. The Morgan fingerprint density at radius 1 is 1.06 bits per heavy atom. The fraction of sp³-hybridized carbons (Fsp3) is 0.200. The van der Waals surface area contributed by atoms with E-state index in [1.807, 2.05) is 0 Å². The maximum absolute atomic E-state index is 13.0. The van der Waals surface area contributed by atoms with Crippen LogP contribution in [0.15, 0.2) is 24.3 Å². The van der Waals surface area contributed by atoms with Gasteiger partial charge in [0.05, 0.1) is 0 Å². The fourth-order valence-electron chi connectivity index (χ4n) is 1.26. The molecule has 0 fully saturated rings. The molecule has 1 radical (unpaired) electrons. The van der Waals surface area contributed by atoms with Gasteiger partial charge in [-0.2, -0.15) is 22.0 Å². The van der Waals surface area contributed by atoms with E-state index in [0.29, 0.717) is 10.1 Å².